The minimum Gasteiger partial charge on any atom is -0.481 e. The summed E-state index contributed by atoms with van der Waals surface area (Å²) in [7, 11) is 0. The Bertz CT molecular complexity index is 1390. The quantitative estimate of drug-likeness (QED) is 0.149. The average Bonchev–Trinajstić information content (AvgIpc) is 3.38. The number of nitrogens with one attached hydrogen (secondary N) is 2. The number of nitrogens with zero attached hydrogens (tertiary/aromatic N) is 2. The van der Waals surface area contributed by atoms with E-state index in [0.717, 1.165) is 22.1 Å². The minimum atomic E-state index is -0.460. The molecule has 0 atom stereocenters. The maximum atomic E-state index is 12.5. The van der Waals surface area contributed by atoms with Crippen LogP contribution in [-0.4, -0.2) is 36.3 Å². The van der Waals surface area contributed by atoms with Crippen molar-refractivity contribution in [2.75, 3.05) is 18.5 Å². The van der Waals surface area contributed by atoms with Gasteiger partial charge in [0.1, 0.15) is 5.75 Å². The van der Waals surface area contributed by atoms with Crippen molar-refractivity contribution in [2.24, 2.45) is 5.10 Å². The van der Waals surface area contributed by atoms with E-state index in [-0.39, 0.29) is 19.1 Å². The van der Waals surface area contributed by atoms with Gasteiger partial charge in [-0.2, -0.15) is 5.10 Å². The first-order chi connectivity index (χ1) is 18.0. The van der Waals surface area contributed by atoms with Crippen LogP contribution in [0.5, 0.6) is 5.75 Å². The summed E-state index contributed by atoms with van der Waals surface area (Å²) in [6.07, 6.45) is 1.46. The van der Waals surface area contributed by atoms with Gasteiger partial charge in [-0.1, -0.05) is 35.9 Å². The van der Waals surface area contributed by atoms with Crippen LogP contribution >= 0.6 is 22.9 Å². The second kappa shape index (κ2) is 12.7. The van der Waals surface area contributed by atoms with Crippen LogP contribution in [0, 0.1) is 0 Å². The SMILES string of the molecule is CCOC(=O)COc1ccccc1/C=N\NC(=O)c1ccc(-c2csc(Nc3ccc(Cl)cc3)n2)cc1. The van der Waals surface area contributed by atoms with E-state index in [1.807, 2.05) is 41.8 Å². The van der Waals surface area contributed by atoms with Crippen molar-refractivity contribution in [1.29, 1.82) is 0 Å². The smallest absolute Gasteiger partial charge is 0.344 e. The largest absolute Gasteiger partial charge is 0.481 e. The van der Waals surface area contributed by atoms with Crippen LogP contribution < -0.4 is 15.5 Å². The number of halogens is 1. The highest BCUT2D eigenvalue weighted by atomic mass is 35.5. The summed E-state index contributed by atoms with van der Waals surface area (Å²) in [6.45, 7) is 1.80. The van der Waals surface area contributed by atoms with E-state index in [1.54, 1.807) is 43.3 Å². The van der Waals surface area contributed by atoms with E-state index in [2.05, 4.69) is 20.8 Å². The molecule has 10 heteroatoms. The van der Waals surface area contributed by atoms with Gasteiger partial charge in [0, 0.05) is 32.8 Å². The summed E-state index contributed by atoms with van der Waals surface area (Å²) in [5.41, 5.74) is 6.13. The molecule has 0 radical (unpaired) electrons. The molecule has 0 aliphatic rings. The van der Waals surface area contributed by atoms with E-state index in [0.29, 0.717) is 21.9 Å². The summed E-state index contributed by atoms with van der Waals surface area (Å²) in [5, 5.41) is 10.6. The maximum absolute atomic E-state index is 12.5. The maximum Gasteiger partial charge on any atom is 0.344 e. The van der Waals surface area contributed by atoms with Crippen LogP contribution in [0.25, 0.3) is 11.3 Å². The van der Waals surface area contributed by atoms with Crippen molar-refractivity contribution >= 4 is 51.8 Å². The molecule has 0 aliphatic carbocycles. The van der Waals surface area contributed by atoms with Gasteiger partial charge in [0.05, 0.1) is 18.5 Å². The van der Waals surface area contributed by atoms with E-state index >= 15 is 0 Å². The molecular weight excluding hydrogens is 512 g/mol. The van der Waals surface area contributed by atoms with E-state index in [4.69, 9.17) is 21.1 Å². The van der Waals surface area contributed by atoms with Crippen molar-refractivity contribution in [3.8, 4) is 17.0 Å². The second-order valence-electron chi connectivity index (χ2n) is 7.58. The second-order valence-corrected chi connectivity index (χ2v) is 8.87. The van der Waals surface area contributed by atoms with Crippen LogP contribution in [0.3, 0.4) is 0 Å². The van der Waals surface area contributed by atoms with Crippen molar-refractivity contribution in [3.63, 3.8) is 0 Å². The third-order valence-electron chi connectivity index (χ3n) is 4.98. The molecule has 4 aromatic rings. The fourth-order valence-corrected chi connectivity index (χ4v) is 4.06. The van der Waals surface area contributed by atoms with Crippen LogP contribution in [0.1, 0.15) is 22.8 Å². The van der Waals surface area contributed by atoms with Crippen LogP contribution in [0.2, 0.25) is 5.02 Å². The number of esters is 1. The fourth-order valence-electron chi connectivity index (χ4n) is 3.20. The zero-order valence-electron chi connectivity index (χ0n) is 19.8. The predicted octanol–water partition coefficient (Wildman–Crippen LogP) is 5.91. The van der Waals surface area contributed by atoms with Crippen molar-refractivity contribution in [2.45, 2.75) is 6.92 Å². The van der Waals surface area contributed by atoms with Gasteiger partial charge in [-0.05, 0) is 55.5 Å². The van der Waals surface area contributed by atoms with Crippen molar-refractivity contribution in [1.82, 2.24) is 10.4 Å². The number of para-hydroxylation sites is 1. The molecule has 1 heterocycles. The number of anilines is 2. The third kappa shape index (κ3) is 7.39. The average molecular weight is 535 g/mol. The lowest BCUT2D eigenvalue weighted by atomic mass is 10.1. The fraction of sp³-hybridized carbons (Fsp3) is 0.111. The number of carbonyl (C=O) groups excluding carboxylic acids is 2. The Labute approximate surface area is 222 Å². The number of carbonyl (C=O) groups is 2. The molecular formula is C27H23ClN4O4S. The summed E-state index contributed by atoms with van der Waals surface area (Å²) in [6, 6.07) is 21.5. The lowest BCUT2D eigenvalue weighted by Crippen LogP contribution is -2.18. The Morgan fingerprint density at radius 3 is 2.57 bits per heavy atom. The van der Waals surface area contributed by atoms with Gasteiger partial charge in [0.15, 0.2) is 11.7 Å². The van der Waals surface area contributed by atoms with Gasteiger partial charge < -0.3 is 14.8 Å². The number of thiazole rings is 1. The normalized spacial score (nSPS) is 10.8. The highest BCUT2D eigenvalue weighted by molar-refractivity contribution is 7.14. The van der Waals surface area contributed by atoms with E-state index < -0.39 is 5.97 Å². The highest BCUT2D eigenvalue weighted by Crippen LogP contribution is 2.28. The van der Waals surface area contributed by atoms with Crippen LogP contribution in [-0.2, 0) is 9.53 Å². The number of hydrogen-bond donors (Lipinski definition) is 2. The first kappa shape index (κ1) is 25.9. The van der Waals surface area contributed by atoms with Gasteiger partial charge in [0.2, 0.25) is 0 Å². The van der Waals surface area contributed by atoms with Gasteiger partial charge in [0.25, 0.3) is 5.91 Å². The molecule has 0 saturated heterocycles. The summed E-state index contributed by atoms with van der Waals surface area (Å²) >= 11 is 7.41. The molecule has 1 amide bonds. The lowest BCUT2D eigenvalue weighted by molar-refractivity contribution is -0.145. The molecule has 37 heavy (non-hydrogen) atoms. The zero-order chi connectivity index (χ0) is 26.0. The molecule has 0 saturated carbocycles. The molecule has 1 aromatic heterocycles. The Morgan fingerprint density at radius 2 is 1.81 bits per heavy atom. The predicted molar refractivity (Wildman–Crippen MR) is 146 cm³/mol. The molecule has 0 spiro atoms. The summed E-state index contributed by atoms with van der Waals surface area (Å²) < 4.78 is 10.4. The highest BCUT2D eigenvalue weighted by Gasteiger charge is 2.09. The molecule has 0 fully saturated rings. The Balaban J connectivity index is 1.34. The van der Waals surface area contributed by atoms with E-state index in [9.17, 15) is 9.59 Å². The summed E-state index contributed by atoms with van der Waals surface area (Å²) in [5.74, 6) is -0.375. The van der Waals surface area contributed by atoms with Gasteiger partial charge in [-0.25, -0.2) is 15.2 Å². The molecule has 4 rings (SSSR count). The van der Waals surface area contributed by atoms with Crippen LogP contribution in [0.4, 0.5) is 10.8 Å². The number of aromatic nitrogens is 1. The number of amides is 1. The standard InChI is InChI=1S/C27H23ClN4O4S/c1-2-35-25(33)16-36-24-6-4-3-5-20(24)15-29-32-26(34)19-9-7-18(8-10-19)23-17-37-27(31-23)30-22-13-11-21(28)12-14-22/h3-15,17H,2,16H2,1H3,(H,30,31)(H,32,34)/b29-15-. The van der Waals surface area contributed by atoms with Crippen molar-refractivity contribution < 1.29 is 19.1 Å². The first-order valence-electron chi connectivity index (χ1n) is 11.3. The zero-order valence-corrected chi connectivity index (χ0v) is 21.4. The Hall–Kier alpha value is -4.21. The Kier molecular flexibility index (Phi) is 8.85. The van der Waals surface area contributed by atoms with Crippen LogP contribution in [0.15, 0.2) is 83.3 Å². The number of hydrogen-bond acceptors (Lipinski definition) is 8. The van der Waals surface area contributed by atoms with Crippen molar-refractivity contribution in [3.05, 3.63) is 94.3 Å². The molecule has 0 unspecified atom stereocenters. The molecule has 0 bridgehead atoms. The summed E-state index contributed by atoms with van der Waals surface area (Å²) in [4.78, 5) is 28.7. The number of ether oxygens (including phenoxy) is 2. The molecule has 8 nitrogen and oxygen atoms in total. The molecule has 188 valence electrons. The number of hydrazone groups is 1. The van der Waals surface area contributed by atoms with Gasteiger partial charge in [-0.15, -0.1) is 11.3 Å². The number of benzene rings is 3. The Morgan fingerprint density at radius 1 is 1.05 bits per heavy atom. The minimum absolute atomic E-state index is 0.213. The first-order valence-corrected chi connectivity index (χ1v) is 12.6. The monoisotopic (exact) mass is 534 g/mol. The molecule has 0 aliphatic heterocycles. The lowest BCUT2D eigenvalue weighted by Gasteiger charge is -2.08. The van der Waals surface area contributed by atoms with Gasteiger partial charge in [-0.3, -0.25) is 4.79 Å². The topological polar surface area (TPSA) is 102 Å². The number of rotatable bonds is 10. The van der Waals surface area contributed by atoms with E-state index in [1.165, 1.54) is 17.6 Å². The third-order valence-corrected chi connectivity index (χ3v) is 5.99. The van der Waals surface area contributed by atoms with Gasteiger partial charge >= 0.3 is 5.97 Å². The molecule has 3 aromatic carbocycles. The molecule has 2 N–H and O–H groups in total.